The van der Waals surface area contributed by atoms with Gasteiger partial charge >= 0.3 is 17.9 Å². The predicted molar refractivity (Wildman–Crippen MR) is 126 cm³/mol. The van der Waals surface area contributed by atoms with Crippen LogP contribution in [-0.4, -0.2) is 58.6 Å². The van der Waals surface area contributed by atoms with Crippen molar-refractivity contribution in [1.29, 1.82) is 0 Å². The van der Waals surface area contributed by atoms with E-state index in [0.717, 1.165) is 5.57 Å². The third kappa shape index (κ3) is 7.67. The largest absolute Gasteiger partial charge is 0.481 e. The number of carbonyl (C=O) groups is 3. The summed E-state index contributed by atoms with van der Waals surface area (Å²) < 4.78 is 10.8. The normalized spacial score (nSPS) is 28.3. The number of carbonyl (C=O) groups excluding carboxylic acids is 2. The summed E-state index contributed by atoms with van der Waals surface area (Å²) in [7, 11) is 1.29. The van der Waals surface area contributed by atoms with Crippen LogP contribution in [0, 0.1) is 29.1 Å². The number of carboxylic acids is 1. The molecule has 0 spiro atoms. The Morgan fingerprint density at radius 1 is 1.18 bits per heavy atom. The molecule has 0 aromatic rings. The fourth-order valence-electron chi connectivity index (χ4n) is 5.13. The predicted octanol–water partition coefficient (Wildman–Crippen LogP) is 3.26. The van der Waals surface area contributed by atoms with Crippen molar-refractivity contribution in [2.45, 2.75) is 84.5 Å². The second-order valence-corrected chi connectivity index (χ2v) is 10.6. The van der Waals surface area contributed by atoms with Gasteiger partial charge in [-0.1, -0.05) is 32.1 Å². The Hall–Kier alpha value is -2.19. The van der Waals surface area contributed by atoms with E-state index in [-0.39, 0.29) is 42.6 Å². The molecule has 8 nitrogen and oxygen atoms in total. The summed E-state index contributed by atoms with van der Waals surface area (Å²) in [5.41, 5.74) is 0.102. The lowest BCUT2D eigenvalue weighted by molar-refractivity contribution is -0.168. The highest BCUT2D eigenvalue weighted by molar-refractivity contribution is 5.82. The Balaban J connectivity index is 2.14. The van der Waals surface area contributed by atoms with Gasteiger partial charge in [0.2, 0.25) is 0 Å². The second-order valence-electron chi connectivity index (χ2n) is 10.6. The first-order chi connectivity index (χ1) is 15.8. The van der Waals surface area contributed by atoms with Crippen LogP contribution >= 0.6 is 0 Å². The van der Waals surface area contributed by atoms with Gasteiger partial charge in [-0.3, -0.25) is 14.4 Å². The highest BCUT2D eigenvalue weighted by Gasteiger charge is 2.43. The van der Waals surface area contributed by atoms with Gasteiger partial charge in [0.05, 0.1) is 37.6 Å². The maximum Gasteiger partial charge on any atom is 0.312 e. The fourth-order valence-corrected chi connectivity index (χ4v) is 5.13. The molecule has 8 heteroatoms. The molecule has 3 N–H and O–H groups in total. The zero-order chi connectivity index (χ0) is 25.6. The van der Waals surface area contributed by atoms with Crippen LogP contribution in [0.25, 0.3) is 0 Å². The molecule has 0 unspecified atom stereocenters. The van der Waals surface area contributed by atoms with E-state index in [0.29, 0.717) is 19.3 Å². The first-order valence-corrected chi connectivity index (χ1v) is 12.1. The monoisotopic (exact) mass is 480 g/mol. The minimum Gasteiger partial charge on any atom is -0.481 e. The third-order valence-corrected chi connectivity index (χ3v) is 7.01. The van der Waals surface area contributed by atoms with Crippen molar-refractivity contribution in [2.24, 2.45) is 29.1 Å². The number of rotatable bonds is 11. The fraction of sp³-hybridized carbons (Fsp3) is 0.731. The van der Waals surface area contributed by atoms with E-state index in [1.807, 2.05) is 0 Å². The van der Waals surface area contributed by atoms with Gasteiger partial charge in [0.15, 0.2) is 0 Å². The van der Waals surface area contributed by atoms with Crippen molar-refractivity contribution >= 4 is 17.9 Å². The molecule has 0 bridgehead atoms. The molecule has 192 valence electrons. The van der Waals surface area contributed by atoms with Crippen molar-refractivity contribution in [3.63, 3.8) is 0 Å². The molecule has 2 aliphatic carbocycles. The number of aliphatic hydroxyl groups is 2. The lowest BCUT2D eigenvalue weighted by Crippen LogP contribution is -2.43. The minimum absolute atomic E-state index is 0.00771. The number of hydrogen-bond acceptors (Lipinski definition) is 7. The highest BCUT2D eigenvalue weighted by atomic mass is 16.5. The molecule has 0 aromatic carbocycles. The number of methoxy groups -OCH3 is 1. The number of ether oxygens (including phenoxy) is 2. The molecule has 2 rings (SSSR count). The lowest BCUT2D eigenvalue weighted by atomic mass is 9.65. The van der Waals surface area contributed by atoms with Crippen molar-refractivity contribution < 1.29 is 39.2 Å². The molecule has 34 heavy (non-hydrogen) atoms. The van der Waals surface area contributed by atoms with E-state index >= 15 is 0 Å². The van der Waals surface area contributed by atoms with Gasteiger partial charge in [-0.25, -0.2) is 0 Å². The van der Waals surface area contributed by atoms with E-state index in [1.165, 1.54) is 7.11 Å². The van der Waals surface area contributed by atoms with E-state index in [9.17, 15) is 24.6 Å². The van der Waals surface area contributed by atoms with Gasteiger partial charge < -0.3 is 24.8 Å². The van der Waals surface area contributed by atoms with Crippen molar-refractivity contribution in [1.82, 2.24) is 0 Å². The number of carboxylic acid groups (broad SMARTS) is 1. The zero-order valence-electron chi connectivity index (χ0n) is 20.9. The molecular weight excluding hydrogens is 440 g/mol. The lowest BCUT2D eigenvalue weighted by Gasteiger charge is -2.44. The summed E-state index contributed by atoms with van der Waals surface area (Å²) in [6, 6.07) is 0. The first-order valence-electron chi connectivity index (χ1n) is 12.1. The average molecular weight is 481 g/mol. The summed E-state index contributed by atoms with van der Waals surface area (Å²) in [4.78, 5) is 35.6. The van der Waals surface area contributed by atoms with Crippen LogP contribution in [0.5, 0.6) is 0 Å². The average Bonchev–Trinajstić information content (AvgIpc) is 2.71. The molecule has 0 aromatic heterocycles. The maximum absolute atomic E-state index is 13.0. The number of allylic oxidation sites excluding steroid dienone is 3. The van der Waals surface area contributed by atoms with E-state index in [2.05, 4.69) is 32.1 Å². The number of esters is 2. The molecule has 0 amide bonds. The number of fused-ring (bicyclic) bond motifs is 1. The van der Waals surface area contributed by atoms with Crippen LogP contribution in [0.1, 0.15) is 66.2 Å². The van der Waals surface area contributed by atoms with Gasteiger partial charge in [-0.05, 0) is 62.9 Å². The van der Waals surface area contributed by atoms with Crippen LogP contribution in [0.3, 0.4) is 0 Å². The summed E-state index contributed by atoms with van der Waals surface area (Å²) in [6.45, 7) is 7.53. The molecule has 0 saturated heterocycles. The van der Waals surface area contributed by atoms with Crippen LogP contribution in [-0.2, 0) is 23.9 Å². The molecule has 0 radical (unpaired) electrons. The topological polar surface area (TPSA) is 130 Å². The van der Waals surface area contributed by atoms with Crippen molar-refractivity contribution in [2.75, 3.05) is 7.11 Å². The van der Waals surface area contributed by atoms with Crippen LogP contribution in [0.15, 0.2) is 23.8 Å². The highest BCUT2D eigenvalue weighted by Crippen LogP contribution is 2.45. The molecule has 0 fully saturated rings. The van der Waals surface area contributed by atoms with Gasteiger partial charge in [-0.2, -0.15) is 0 Å². The van der Waals surface area contributed by atoms with Crippen molar-refractivity contribution in [3.8, 4) is 0 Å². The Labute approximate surface area is 202 Å². The van der Waals surface area contributed by atoms with Crippen LogP contribution in [0.4, 0.5) is 0 Å². The molecule has 0 aliphatic heterocycles. The SMILES string of the molecule is COC(=O)CC(C)(C)C(=O)O[C@H]1C[C@@H](C)C=C2C=C[C@H](C)[C@H](CC[C@@H](O)C[C@@H](O)CC(=O)O)[C@H]21. The Morgan fingerprint density at radius 2 is 1.85 bits per heavy atom. The molecule has 0 saturated carbocycles. The Kier molecular flexibility index (Phi) is 9.88. The number of aliphatic hydroxyl groups excluding tert-OH is 2. The molecule has 2 aliphatic rings. The number of hydrogen-bond donors (Lipinski definition) is 3. The summed E-state index contributed by atoms with van der Waals surface area (Å²) in [6.07, 6.45) is 5.44. The summed E-state index contributed by atoms with van der Waals surface area (Å²) >= 11 is 0. The van der Waals surface area contributed by atoms with Gasteiger partial charge in [0.1, 0.15) is 6.10 Å². The second kappa shape index (κ2) is 12.0. The smallest absolute Gasteiger partial charge is 0.312 e. The third-order valence-electron chi connectivity index (χ3n) is 7.01. The summed E-state index contributed by atoms with van der Waals surface area (Å²) in [5, 5.41) is 29.1. The van der Waals surface area contributed by atoms with E-state index in [4.69, 9.17) is 14.6 Å². The molecule has 7 atom stereocenters. The molecular formula is C26H40O8. The maximum atomic E-state index is 13.0. The molecule has 0 heterocycles. The minimum atomic E-state index is -1.10. The van der Waals surface area contributed by atoms with Crippen molar-refractivity contribution in [3.05, 3.63) is 23.8 Å². The Morgan fingerprint density at radius 3 is 2.47 bits per heavy atom. The van der Waals surface area contributed by atoms with Gasteiger partial charge in [0, 0.05) is 5.92 Å². The van der Waals surface area contributed by atoms with Gasteiger partial charge in [0.25, 0.3) is 0 Å². The number of aliphatic carboxylic acids is 1. The zero-order valence-corrected chi connectivity index (χ0v) is 20.9. The standard InChI is InChI=1S/C26H40O8/c1-15-10-17-7-6-16(2)20(9-8-18(27)12-19(28)13-22(29)30)24(17)21(11-15)34-25(32)26(3,4)14-23(31)33-5/h6-7,10,15-16,18-21,24,27-28H,8-9,11-14H2,1-5H3,(H,29,30)/t15-,16-,18+,19+,20-,21-,24-/m0/s1. The quantitative estimate of drug-likeness (QED) is 0.384. The van der Waals surface area contributed by atoms with Crippen LogP contribution in [0.2, 0.25) is 0 Å². The Bertz CT molecular complexity index is 799. The first kappa shape index (κ1) is 28.1. The van der Waals surface area contributed by atoms with Crippen LogP contribution < -0.4 is 0 Å². The summed E-state index contributed by atoms with van der Waals surface area (Å²) in [5.74, 6) is -1.52. The van der Waals surface area contributed by atoms with E-state index < -0.39 is 42.0 Å². The van der Waals surface area contributed by atoms with Gasteiger partial charge in [-0.15, -0.1) is 0 Å². The van der Waals surface area contributed by atoms with E-state index in [1.54, 1.807) is 13.8 Å².